The van der Waals surface area contributed by atoms with Gasteiger partial charge in [0.15, 0.2) is 0 Å². The van der Waals surface area contributed by atoms with E-state index in [0.29, 0.717) is 19.2 Å². The smallest absolute Gasteiger partial charge is 0.0555 e. The van der Waals surface area contributed by atoms with Crippen LogP contribution in [0, 0.1) is 11.8 Å². The van der Waals surface area contributed by atoms with Crippen molar-refractivity contribution in [2.24, 2.45) is 5.73 Å². The first-order valence-electron chi connectivity index (χ1n) is 6.95. The van der Waals surface area contributed by atoms with Crippen LogP contribution in [0.3, 0.4) is 0 Å². The van der Waals surface area contributed by atoms with E-state index in [-0.39, 0.29) is 0 Å². The van der Waals surface area contributed by atoms with Crippen molar-refractivity contribution in [1.29, 1.82) is 0 Å². The predicted molar refractivity (Wildman–Crippen MR) is 80.0 cm³/mol. The summed E-state index contributed by atoms with van der Waals surface area (Å²) >= 11 is 1.78. The molecule has 0 radical (unpaired) electrons. The highest BCUT2D eigenvalue weighted by atomic mass is 32.1. The van der Waals surface area contributed by atoms with Gasteiger partial charge in [-0.1, -0.05) is 11.8 Å². The highest BCUT2D eigenvalue weighted by molar-refractivity contribution is 7.10. The predicted octanol–water partition coefficient (Wildman–Crippen LogP) is 1.80. The van der Waals surface area contributed by atoms with E-state index in [9.17, 15) is 0 Å². The fourth-order valence-corrected chi connectivity index (χ4v) is 3.52. The zero-order valence-electron chi connectivity index (χ0n) is 11.3. The van der Waals surface area contributed by atoms with E-state index in [0.717, 1.165) is 31.5 Å². The largest absolute Gasteiger partial charge is 0.396 e. The molecule has 1 fully saturated rings. The van der Waals surface area contributed by atoms with E-state index in [1.165, 1.54) is 17.7 Å². The monoisotopic (exact) mass is 278 g/mol. The molecule has 0 amide bonds. The summed E-state index contributed by atoms with van der Waals surface area (Å²) in [5.74, 6) is 6.09. The van der Waals surface area contributed by atoms with Gasteiger partial charge in [0.2, 0.25) is 0 Å². The molecule has 19 heavy (non-hydrogen) atoms. The third-order valence-electron chi connectivity index (χ3n) is 3.61. The lowest BCUT2D eigenvalue weighted by Gasteiger charge is -2.23. The van der Waals surface area contributed by atoms with Crippen molar-refractivity contribution >= 4 is 11.3 Å². The van der Waals surface area contributed by atoms with Crippen molar-refractivity contribution in [3.63, 3.8) is 0 Å². The molecule has 3 N–H and O–H groups in total. The van der Waals surface area contributed by atoms with Crippen LogP contribution in [0.25, 0.3) is 0 Å². The van der Waals surface area contributed by atoms with Gasteiger partial charge < -0.3 is 10.8 Å². The Morgan fingerprint density at radius 3 is 3.21 bits per heavy atom. The maximum absolute atomic E-state index is 8.96. The molecule has 2 rings (SSSR count). The second kappa shape index (κ2) is 7.66. The number of likely N-dealkylation sites (tertiary alicyclic amines) is 1. The van der Waals surface area contributed by atoms with Gasteiger partial charge in [-0.25, -0.2) is 0 Å². The Morgan fingerprint density at radius 2 is 2.42 bits per heavy atom. The van der Waals surface area contributed by atoms with E-state index in [4.69, 9.17) is 10.8 Å². The van der Waals surface area contributed by atoms with Gasteiger partial charge in [0.25, 0.3) is 0 Å². The molecule has 0 bridgehead atoms. The quantitative estimate of drug-likeness (QED) is 0.808. The van der Waals surface area contributed by atoms with E-state index >= 15 is 0 Å². The van der Waals surface area contributed by atoms with Crippen LogP contribution in [0.15, 0.2) is 11.4 Å². The van der Waals surface area contributed by atoms with Gasteiger partial charge in [0.05, 0.1) is 6.54 Å². The zero-order chi connectivity index (χ0) is 13.5. The van der Waals surface area contributed by atoms with E-state index in [1.54, 1.807) is 11.3 Å². The van der Waals surface area contributed by atoms with Crippen LogP contribution in [0.4, 0.5) is 0 Å². The van der Waals surface area contributed by atoms with Crippen molar-refractivity contribution in [3.05, 3.63) is 21.9 Å². The van der Waals surface area contributed by atoms with Crippen molar-refractivity contribution in [3.8, 4) is 11.8 Å². The Bertz CT molecular complexity index is 446. The zero-order valence-corrected chi connectivity index (χ0v) is 12.1. The van der Waals surface area contributed by atoms with Crippen molar-refractivity contribution < 1.29 is 5.11 Å². The Kier molecular flexibility index (Phi) is 5.87. The molecule has 0 aromatic carbocycles. The van der Waals surface area contributed by atoms with Gasteiger partial charge in [-0.15, -0.1) is 11.3 Å². The number of rotatable bonds is 5. The van der Waals surface area contributed by atoms with Crippen LogP contribution >= 0.6 is 11.3 Å². The standard InChI is InChI=1S/C15H22N2OS/c16-8-1-4-13-7-11-19-15(13)12-17-9-2-5-14(17)6-3-10-18/h7,11,14,18H,2-3,5-6,8-10,12,16H2. The lowest BCUT2D eigenvalue weighted by atomic mass is 10.1. The fraction of sp³-hybridized carbons (Fsp3) is 0.600. The number of nitrogens with two attached hydrogens (primary N) is 1. The van der Waals surface area contributed by atoms with E-state index in [1.807, 2.05) is 0 Å². The highest BCUT2D eigenvalue weighted by Crippen LogP contribution is 2.26. The second-order valence-corrected chi connectivity index (χ2v) is 5.90. The second-order valence-electron chi connectivity index (χ2n) is 4.90. The molecule has 1 unspecified atom stereocenters. The number of thiophene rings is 1. The topological polar surface area (TPSA) is 49.5 Å². The molecule has 1 atom stereocenters. The summed E-state index contributed by atoms with van der Waals surface area (Å²) in [6.07, 6.45) is 4.54. The molecule has 1 aliphatic rings. The van der Waals surface area contributed by atoms with Gasteiger partial charge in [-0.05, 0) is 43.7 Å². The summed E-state index contributed by atoms with van der Waals surface area (Å²) in [4.78, 5) is 3.88. The summed E-state index contributed by atoms with van der Waals surface area (Å²) in [6.45, 7) is 2.87. The van der Waals surface area contributed by atoms with Crippen LogP contribution in [0.2, 0.25) is 0 Å². The number of aliphatic hydroxyl groups excluding tert-OH is 1. The van der Waals surface area contributed by atoms with Crippen molar-refractivity contribution in [2.45, 2.75) is 38.3 Å². The Balaban J connectivity index is 1.98. The lowest BCUT2D eigenvalue weighted by molar-refractivity contribution is 0.211. The molecular formula is C15H22N2OS. The summed E-state index contributed by atoms with van der Waals surface area (Å²) < 4.78 is 0. The molecule has 0 aliphatic carbocycles. The molecule has 0 spiro atoms. The van der Waals surface area contributed by atoms with Crippen LogP contribution in [-0.4, -0.2) is 35.7 Å². The summed E-state index contributed by atoms with van der Waals surface area (Å²) in [7, 11) is 0. The number of hydrogen-bond donors (Lipinski definition) is 2. The molecule has 3 nitrogen and oxygen atoms in total. The first-order chi connectivity index (χ1) is 9.35. The highest BCUT2D eigenvalue weighted by Gasteiger charge is 2.24. The minimum absolute atomic E-state index is 0.302. The van der Waals surface area contributed by atoms with Gasteiger partial charge in [-0.2, -0.15) is 0 Å². The Hall–Kier alpha value is -0.860. The van der Waals surface area contributed by atoms with Crippen LogP contribution < -0.4 is 5.73 Å². The summed E-state index contributed by atoms with van der Waals surface area (Å²) in [6, 6.07) is 2.71. The third kappa shape index (κ3) is 4.05. The maximum atomic E-state index is 8.96. The normalized spacial score (nSPS) is 19.4. The number of hydrogen-bond acceptors (Lipinski definition) is 4. The number of aliphatic hydroxyl groups is 1. The van der Waals surface area contributed by atoms with Crippen molar-refractivity contribution in [1.82, 2.24) is 4.90 Å². The van der Waals surface area contributed by atoms with Gasteiger partial charge in [0, 0.05) is 29.6 Å². The van der Waals surface area contributed by atoms with E-state index in [2.05, 4.69) is 28.2 Å². The third-order valence-corrected chi connectivity index (χ3v) is 4.52. The van der Waals surface area contributed by atoms with Crippen LogP contribution in [0.1, 0.15) is 36.1 Å². The fourth-order valence-electron chi connectivity index (χ4n) is 2.66. The maximum Gasteiger partial charge on any atom is 0.0555 e. The van der Waals surface area contributed by atoms with Crippen molar-refractivity contribution in [2.75, 3.05) is 19.7 Å². The first-order valence-corrected chi connectivity index (χ1v) is 7.83. The minimum atomic E-state index is 0.302. The minimum Gasteiger partial charge on any atom is -0.396 e. The molecule has 1 aliphatic heterocycles. The number of nitrogens with zero attached hydrogens (tertiary/aromatic N) is 1. The Labute approximate surface area is 119 Å². The Morgan fingerprint density at radius 1 is 1.53 bits per heavy atom. The molecule has 1 saturated heterocycles. The molecule has 1 aromatic heterocycles. The molecule has 0 saturated carbocycles. The van der Waals surface area contributed by atoms with Gasteiger partial charge in [0.1, 0.15) is 0 Å². The summed E-state index contributed by atoms with van der Waals surface area (Å²) in [5, 5.41) is 11.1. The molecule has 1 aromatic rings. The lowest BCUT2D eigenvalue weighted by Crippen LogP contribution is -2.28. The van der Waals surface area contributed by atoms with Gasteiger partial charge >= 0.3 is 0 Å². The van der Waals surface area contributed by atoms with Crippen LogP contribution in [-0.2, 0) is 6.54 Å². The average molecular weight is 278 g/mol. The molecule has 104 valence electrons. The van der Waals surface area contributed by atoms with Gasteiger partial charge in [-0.3, -0.25) is 4.90 Å². The molecule has 2 heterocycles. The SMILES string of the molecule is NCC#Cc1ccsc1CN1CCCC1CCCO. The molecular weight excluding hydrogens is 256 g/mol. The van der Waals surface area contributed by atoms with E-state index < -0.39 is 0 Å². The average Bonchev–Trinajstić information content (AvgIpc) is 3.04. The first kappa shape index (κ1) is 14.5. The molecule has 4 heteroatoms. The van der Waals surface area contributed by atoms with Crippen LogP contribution in [0.5, 0.6) is 0 Å². The summed E-state index contributed by atoms with van der Waals surface area (Å²) in [5.41, 5.74) is 6.56.